The molecule has 0 bridgehead atoms. The molecule has 1 aromatic carbocycles. The van der Waals surface area contributed by atoms with Crippen LogP contribution in [0.5, 0.6) is 0 Å². The Kier molecular flexibility index (Phi) is 12.4. The molecule has 0 aliphatic heterocycles. The zero-order valence-corrected chi connectivity index (χ0v) is 15.4. The molecule has 0 spiro atoms. The van der Waals surface area contributed by atoms with Crippen molar-refractivity contribution in [1.29, 1.82) is 0 Å². The summed E-state index contributed by atoms with van der Waals surface area (Å²) in [4.78, 5) is 0. The van der Waals surface area contributed by atoms with E-state index in [-0.39, 0.29) is 36.2 Å². The van der Waals surface area contributed by atoms with Crippen molar-refractivity contribution in [3.63, 3.8) is 0 Å². The van der Waals surface area contributed by atoms with Gasteiger partial charge in [-0.3, -0.25) is 8.76 Å². The maximum absolute atomic E-state index is 10.7. The van der Waals surface area contributed by atoms with E-state index in [0.29, 0.717) is 11.3 Å². The van der Waals surface area contributed by atoms with Crippen LogP contribution in [0, 0.1) is 0 Å². The van der Waals surface area contributed by atoms with E-state index in [2.05, 4.69) is 10.8 Å². The molecule has 0 heterocycles. The largest absolute Gasteiger partial charge is 1.00 e. The fourth-order valence-corrected chi connectivity index (χ4v) is 1.99. The van der Waals surface area contributed by atoms with E-state index in [0.717, 1.165) is 0 Å². The van der Waals surface area contributed by atoms with Gasteiger partial charge in [0.05, 0.1) is 11.9 Å². The van der Waals surface area contributed by atoms with Crippen LogP contribution < -0.4 is 35.3 Å². The second-order valence-corrected chi connectivity index (χ2v) is 5.54. The van der Waals surface area contributed by atoms with E-state index < -0.39 is 26.7 Å². The number of hydrogen-bond acceptors (Lipinski definition) is 6. The van der Waals surface area contributed by atoms with Crippen LogP contribution in [-0.4, -0.2) is 28.3 Å². The van der Waals surface area contributed by atoms with Crippen molar-refractivity contribution < 1.29 is 55.5 Å². The second kappa shape index (κ2) is 11.3. The van der Waals surface area contributed by atoms with Gasteiger partial charge in [-0.1, -0.05) is 18.2 Å². The number of anilines is 1. The van der Waals surface area contributed by atoms with Crippen molar-refractivity contribution in [3.8, 4) is 0 Å². The van der Waals surface area contributed by atoms with E-state index in [4.69, 9.17) is 10.3 Å². The Morgan fingerprint density at radius 1 is 1.48 bits per heavy atom. The summed E-state index contributed by atoms with van der Waals surface area (Å²) in [6.07, 6.45) is 1.38. The first-order chi connectivity index (χ1) is 9.21. The minimum atomic E-state index is -4.17. The molecule has 2 unspecified atom stereocenters. The normalized spacial score (nSPS) is 13.1. The average Bonchev–Trinajstić information content (AvgIpc) is 2.31. The van der Waals surface area contributed by atoms with Gasteiger partial charge in [0.1, 0.15) is 0 Å². The molecule has 114 valence electrons. The third-order valence-corrected chi connectivity index (χ3v) is 3.37. The molecule has 1 rings (SSSR count). The molecule has 3 N–H and O–H groups in total. The molecule has 10 heteroatoms. The number of rotatable bonds is 5. The van der Waals surface area contributed by atoms with Crippen molar-refractivity contribution in [1.82, 2.24) is 0 Å². The maximum Gasteiger partial charge on any atom is 1.00 e. The van der Waals surface area contributed by atoms with Gasteiger partial charge in [0.2, 0.25) is 0 Å². The van der Waals surface area contributed by atoms with Gasteiger partial charge in [-0.15, -0.1) is 6.58 Å². The van der Waals surface area contributed by atoms with Crippen LogP contribution in [0.15, 0.2) is 36.9 Å². The fraction of sp³-hybridized carbons (Fsp3) is 0.273. The second-order valence-electron chi connectivity index (χ2n) is 3.42. The van der Waals surface area contributed by atoms with Gasteiger partial charge in [0, 0.05) is 5.69 Å². The van der Waals surface area contributed by atoms with E-state index in [9.17, 15) is 17.2 Å². The summed E-state index contributed by atoms with van der Waals surface area (Å²) in [6, 6.07) is 6.69. The summed E-state index contributed by atoms with van der Waals surface area (Å²) in [5, 5.41) is -0.652. The molecule has 21 heavy (non-hydrogen) atoms. The molecule has 0 amide bonds. The van der Waals surface area contributed by atoms with Gasteiger partial charge < -0.3 is 10.3 Å². The maximum atomic E-state index is 10.7. The average molecular weight is 345 g/mol. The molecule has 0 saturated carbocycles. The topological polar surface area (TPSA) is 130 Å². The summed E-state index contributed by atoms with van der Waals surface area (Å²) < 4.78 is 52.1. The summed E-state index contributed by atoms with van der Waals surface area (Å²) in [5.74, 6) is 0. The standard InChI is InChI=1S/C9H11NO2S.C2H6O4S.Na/c1-2-9(13(11)12)7-3-5-8(10)6-4-7;1-2-6-7(3,4)5;/h2-6,9H,1,10H2,(H,11,12);2H2,1H3,(H,3,4,5);/q;;+1/p-1. The monoisotopic (exact) mass is 345 g/mol. The van der Waals surface area contributed by atoms with Crippen molar-refractivity contribution >= 4 is 27.2 Å². The van der Waals surface area contributed by atoms with Crippen LogP contribution in [-0.2, 0) is 25.7 Å². The molecular weight excluding hydrogens is 329 g/mol. The van der Waals surface area contributed by atoms with E-state index in [1.165, 1.54) is 13.0 Å². The summed E-state index contributed by atoms with van der Waals surface area (Å²) in [7, 11) is -4.17. The molecule has 2 atom stereocenters. The molecule has 0 radical (unpaired) electrons. The first kappa shape index (κ1) is 23.0. The summed E-state index contributed by atoms with van der Waals surface area (Å²) in [6.45, 7) is 4.89. The third-order valence-electron chi connectivity index (χ3n) is 1.95. The van der Waals surface area contributed by atoms with Gasteiger partial charge >= 0.3 is 40.0 Å². The van der Waals surface area contributed by atoms with Crippen LogP contribution in [0.4, 0.5) is 5.69 Å². The predicted octanol–water partition coefficient (Wildman–Crippen LogP) is -1.80. The molecule has 1 aromatic rings. The van der Waals surface area contributed by atoms with Crippen LogP contribution in [0.1, 0.15) is 17.7 Å². The molecule has 0 aliphatic rings. The van der Waals surface area contributed by atoms with Gasteiger partial charge in [-0.25, -0.2) is 4.18 Å². The molecule has 0 fully saturated rings. The minimum absolute atomic E-state index is 0. The SMILES string of the molecule is C=CC(c1ccc(N)cc1)S(=O)[O-].CCOS(=O)(=O)O.[Na+]. The predicted molar refractivity (Wildman–Crippen MR) is 75.9 cm³/mol. The Bertz CT molecular complexity index is 546. The zero-order chi connectivity index (χ0) is 15.8. The van der Waals surface area contributed by atoms with Crippen LogP contribution in [0.25, 0.3) is 0 Å². The number of nitrogens with two attached hydrogens (primary N) is 1. The molecule has 0 saturated heterocycles. The number of hydrogen-bond donors (Lipinski definition) is 2. The first-order valence-electron chi connectivity index (χ1n) is 5.39. The van der Waals surface area contributed by atoms with Gasteiger partial charge in [0.15, 0.2) is 0 Å². The van der Waals surface area contributed by atoms with Crippen molar-refractivity contribution in [2.75, 3.05) is 12.3 Å². The van der Waals surface area contributed by atoms with E-state index in [1.54, 1.807) is 24.3 Å². The number of benzene rings is 1. The quantitative estimate of drug-likeness (QED) is 0.212. The fourth-order valence-electron chi connectivity index (χ4n) is 1.16. The molecule has 0 aromatic heterocycles. The molecular formula is C11H16NNaO6S2. The van der Waals surface area contributed by atoms with Crippen LogP contribution >= 0.6 is 0 Å². The Morgan fingerprint density at radius 2 is 1.95 bits per heavy atom. The van der Waals surface area contributed by atoms with Crippen molar-refractivity contribution in [3.05, 3.63) is 42.5 Å². The molecule has 0 aliphatic carbocycles. The van der Waals surface area contributed by atoms with Gasteiger partial charge in [-0.05, 0) is 35.7 Å². The zero-order valence-electron chi connectivity index (χ0n) is 11.8. The minimum Gasteiger partial charge on any atom is -0.772 e. The van der Waals surface area contributed by atoms with Gasteiger partial charge in [0.25, 0.3) is 0 Å². The number of nitrogen functional groups attached to an aromatic ring is 1. The smallest absolute Gasteiger partial charge is 0.772 e. The Morgan fingerprint density at radius 3 is 2.19 bits per heavy atom. The molecule has 7 nitrogen and oxygen atoms in total. The Hall–Kier alpha value is -0.260. The summed E-state index contributed by atoms with van der Waals surface area (Å²) in [5.41, 5.74) is 6.76. The van der Waals surface area contributed by atoms with E-state index in [1.807, 2.05) is 0 Å². The van der Waals surface area contributed by atoms with Gasteiger partial charge in [-0.2, -0.15) is 8.42 Å². The van der Waals surface area contributed by atoms with Crippen LogP contribution in [0.3, 0.4) is 0 Å². The van der Waals surface area contributed by atoms with E-state index >= 15 is 0 Å². The van der Waals surface area contributed by atoms with Crippen molar-refractivity contribution in [2.24, 2.45) is 0 Å². The summed E-state index contributed by atoms with van der Waals surface area (Å²) >= 11 is -2.17. The van der Waals surface area contributed by atoms with Crippen molar-refractivity contribution in [2.45, 2.75) is 12.2 Å². The Labute approximate surface area is 149 Å². The van der Waals surface area contributed by atoms with Crippen LogP contribution in [0.2, 0.25) is 0 Å². The third kappa shape index (κ3) is 11.0. The first-order valence-corrected chi connectivity index (χ1v) is 7.89. The Balaban J connectivity index is 0.